The summed E-state index contributed by atoms with van der Waals surface area (Å²) in [5.41, 5.74) is 0. The topological polar surface area (TPSA) is 26.3 Å². The maximum absolute atomic E-state index is 13.7. The maximum atomic E-state index is 13.7. The molecule has 0 amide bonds. The standard InChI is InChI=1S/C32H43O2P/c1-3-5-7-9-19-27-32(33)34-35(28-20-8-6-4-2,29-21-13-10-14-22-29,30-23-15-11-16-24-30)31-25-17-12-18-26-31/h10-18,21-26H,3-9,19-20,27-28H2,1-2H3. The summed E-state index contributed by atoms with van der Waals surface area (Å²) in [4.78, 5) is 13.7. The van der Waals surface area contributed by atoms with E-state index in [9.17, 15) is 4.79 Å². The second kappa shape index (κ2) is 13.6. The van der Waals surface area contributed by atoms with Crippen molar-refractivity contribution in [3.8, 4) is 0 Å². The number of hydrogen-bond acceptors (Lipinski definition) is 2. The van der Waals surface area contributed by atoms with E-state index in [0.717, 1.165) is 47.8 Å². The molecular formula is C32H43O2P. The molecule has 2 nitrogen and oxygen atoms in total. The van der Waals surface area contributed by atoms with Gasteiger partial charge in [0.25, 0.3) is 0 Å². The normalized spacial score (nSPS) is 12.6. The Morgan fingerprint density at radius 3 is 1.40 bits per heavy atom. The number of rotatable bonds is 15. The Bertz CT molecular complexity index is 902. The average Bonchev–Trinajstić information content (AvgIpc) is 2.92. The van der Waals surface area contributed by atoms with Crippen LogP contribution in [0.3, 0.4) is 0 Å². The SMILES string of the molecule is CCCCCCCC(=O)OP(CCCCCC)(c1ccccc1)(c1ccccc1)c1ccccc1. The van der Waals surface area contributed by atoms with Crippen LogP contribution in [0.2, 0.25) is 0 Å². The minimum atomic E-state index is -3.54. The Morgan fingerprint density at radius 2 is 0.971 bits per heavy atom. The molecule has 0 saturated carbocycles. The summed E-state index contributed by atoms with van der Waals surface area (Å²) in [5.74, 6) is -0.0637. The van der Waals surface area contributed by atoms with Gasteiger partial charge in [0, 0.05) is 0 Å². The molecule has 35 heavy (non-hydrogen) atoms. The second-order valence-electron chi connectivity index (χ2n) is 9.63. The van der Waals surface area contributed by atoms with Crippen LogP contribution in [0.1, 0.15) is 78.1 Å². The molecule has 0 fully saturated rings. The quantitative estimate of drug-likeness (QED) is 0.160. The average molecular weight is 491 g/mol. The van der Waals surface area contributed by atoms with Crippen LogP contribution < -0.4 is 15.9 Å². The van der Waals surface area contributed by atoms with E-state index in [0.29, 0.717) is 6.42 Å². The molecule has 3 aromatic carbocycles. The molecule has 0 aliphatic rings. The first-order valence-electron chi connectivity index (χ1n) is 13.6. The molecule has 0 saturated heterocycles. The Kier molecular flexibility index (Phi) is 10.5. The van der Waals surface area contributed by atoms with Crippen LogP contribution in [0.4, 0.5) is 0 Å². The molecule has 0 aliphatic heterocycles. The third-order valence-electron chi connectivity index (χ3n) is 7.13. The second-order valence-corrected chi connectivity index (χ2v) is 14.2. The molecule has 0 heterocycles. The molecular weight excluding hydrogens is 447 g/mol. The first kappa shape index (κ1) is 27.2. The van der Waals surface area contributed by atoms with Crippen molar-refractivity contribution in [1.29, 1.82) is 0 Å². The molecule has 3 rings (SSSR count). The summed E-state index contributed by atoms with van der Waals surface area (Å²) >= 11 is 0. The van der Waals surface area contributed by atoms with Gasteiger partial charge in [0.2, 0.25) is 0 Å². The van der Waals surface area contributed by atoms with Crippen molar-refractivity contribution < 1.29 is 9.32 Å². The van der Waals surface area contributed by atoms with Gasteiger partial charge in [-0.1, -0.05) is 0 Å². The monoisotopic (exact) mass is 490 g/mol. The molecule has 3 aromatic rings. The van der Waals surface area contributed by atoms with Gasteiger partial charge in [0.1, 0.15) is 0 Å². The van der Waals surface area contributed by atoms with Crippen molar-refractivity contribution in [2.24, 2.45) is 0 Å². The zero-order valence-electron chi connectivity index (χ0n) is 21.7. The fourth-order valence-corrected chi connectivity index (χ4v) is 11.1. The summed E-state index contributed by atoms with van der Waals surface area (Å²) in [6.45, 7) is 0.922. The van der Waals surface area contributed by atoms with Crippen LogP contribution in [0.25, 0.3) is 0 Å². The number of hydrogen-bond donors (Lipinski definition) is 0. The van der Waals surface area contributed by atoms with E-state index < -0.39 is 6.83 Å². The molecule has 0 N–H and O–H groups in total. The van der Waals surface area contributed by atoms with Crippen LogP contribution in [0, 0.1) is 0 Å². The van der Waals surface area contributed by atoms with Gasteiger partial charge in [0.15, 0.2) is 0 Å². The van der Waals surface area contributed by atoms with Crippen LogP contribution >= 0.6 is 6.83 Å². The summed E-state index contributed by atoms with van der Waals surface area (Å²) in [7, 11) is 0. The van der Waals surface area contributed by atoms with E-state index in [1.807, 2.05) is 0 Å². The molecule has 3 heteroatoms. The first-order chi connectivity index (χ1) is 17.2. The van der Waals surface area contributed by atoms with E-state index in [4.69, 9.17) is 4.52 Å². The van der Waals surface area contributed by atoms with Crippen LogP contribution in [0.15, 0.2) is 91.0 Å². The molecule has 0 aromatic heterocycles. The van der Waals surface area contributed by atoms with Gasteiger partial charge in [0.05, 0.1) is 0 Å². The number of carbonyl (C=O) groups excluding carboxylic acids is 1. The van der Waals surface area contributed by atoms with Crippen molar-refractivity contribution in [3.63, 3.8) is 0 Å². The van der Waals surface area contributed by atoms with Gasteiger partial charge in [-0.2, -0.15) is 0 Å². The van der Waals surface area contributed by atoms with Crippen molar-refractivity contribution in [3.05, 3.63) is 91.0 Å². The van der Waals surface area contributed by atoms with Gasteiger partial charge >= 0.3 is 213 Å². The Hall–Kier alpha value is -2.44. The van der Waals surface area contributed by atoms with Crippen molar-refractivity contribution in [1.82, 2.24) is 0 Å². The van der Waals surface area contributed by atoms with Crippen molar-refractivity contribution in [2.75, 3.05) is 6.16 Å². The van der Waals surface area contributed by atoms with Gasteiger partial charge in [-0.05, 0) is 0 Å². The fraction of sp³-hybridized carbons (Fsp3) is 0.406. The zero-order chi connectivity index (χ0) is 24.8. The van der Waals surface area contributed by atoms with Crippen molar-refractivity contribution >= 4 is 28.7 Å². The molecule has 0 bridgehead atoms. The first-order valence-corrected chi connectivity index (χ1v) is 15.9. The number of unbranched alkanes of at least 4 members (excludes halogenated alkanes) is 7. The predicted octanol–water partition coefficient (Wildman–Crippen LogP) is 7.92. The summed E-state index contributed by atoms with van der Waals surface area (Å²) in [5, 5.41) is 3.44. The van der Waals surface area contributed by atoms with E-state index in [1.165, 1.54) is 32.1 Å². The molecule has 0 spiro atoms. The summed E-state index contributed by atoms with van der Waals surface area (Å²) < 4.78 is 7.06. The number of benzene rings is 3. The minimum absolute atomic E-state index is 0.0637. The Labute approximate surface area is 213 Å². The third-order valence-corrected chi connectivity index (χ3v) is 13.1. The third kappa shape index (κ3) is 6.22. The molecule has 0 radical (unpaired) electrons. The summed E-state index contributed by atoms with van der Waals surface area (Å²) in [6.07, 6.45) is 11.4. The van der Waals surface area contributed by atoms with Gasteiger partial charge in [-0.15, -0.1) is 0 Å². The van der Waals surface area contributed by atoms with Crippen molar-refractivity contribution in [2.45, 2.75) is 78.1 Å². The summed E-state index contributed by atoms with van der Waals surface area (Å²) in [6, 6.07) is 31.8. The molecule has 0 aliphatic carbocycles. The molecule has 0 atom stereocenters. The van der Waals surface area contributed by atoms with Gasteiger partial charge in [-0.25, -0.2) is 0 Å². The van der Waals surface area contributed by atoms with E-state index in [2.05, 4.69) is 105 Å². The zero-order valence-corrected chi connectivity index (χ0v) is 22.6. The van der Waals surface area contributed by atoms with E-state index >= 15 is 0 Å². The van der Waals surface area contributed by atoms with Crippen LogP contribution in [-0.4, -0.2) is 12.1 Å². The predicted molar refractivity (Wildman–Crippen MR) is 154 cm³/mol. The Morgan fingerprint density at radius 1 is 0.571 bits per heavy atom. The van der Waals surface area contributed by atoms with E-state index in [1.54, 1.807) is 0 Å². The number of carbonyl (C=O) groups is 1. The fourth-order valence-electron chi connectivity index (χ4n) is 5.25. The molecule has 0 unspecified atom stereocenters. The van der Waals surface area contributed by atoms with Crippen LogP contribution in [0.5, 0.6) is 0 Å². The van der Waals surface area contributed by atoms with Gasteiger partial charge < -0.3 is 0 Å². The van der Waals surface area contributed by atoms with E-state index in [-0.39, 0.29) is 5.97 Å². The van der Waals surface area contributed by atoms with Gasteiger partial charge in [-0.3, -0.25) is 0 Å². The molecule has 188 valence electrons. The Balaban J connectivity index is 2.17. The van der Waals surface area contributed by atoms with Crippen LogP contribution in [-0.2, 0) is 9.32 Å².